The molecule has 5 nitrogen and oxygen atoms in total. The molecular weight excluding hydrogens is 230 g/mol. The van der Waals surface area contributed by atoms with Gasteiger partial charge in [0.2, 0.25) is 0 Å². The maximum Gasteiger partial charge on any atom is 0.170 e. The maximum absolute atomic E-state index is 5.27. The van der Waals surface area contributed by atoms with Crippen molar-refractivity contribution < 1.29 is 0 Å². The van der Waals surface area contributed by atoms with Gasteiger partial charge in [-0.05, 0) is 23.7 Å². The van der Waals surface area contributed by atoms with Crippen molar-refractivity contribution >= 4 is 29.1 Å². The van der Waals surface area contributed by atoms with Gasteiger partial charge in [-0.15, -0.1) is 0 Å². The fraction of sp³-hybridized carbons (Fsp3) is 0.125. The molecule has 0 aliphatic rings. The van der Waals surface area contributed by atoms with Gasteiger partial charge in [0.1, 0.15) is 12.1 Å². The van der Waals surface area contributed by atoms with Gasteiger partial charge in [-0.1, -0.05) is 17.8 Å². The molecule has 0 spiro atoms. The van der Waals surface area contributed by atoms with Crippen molar-refractivity contribution in [3.63, 3.8) is 0 Å². The molecule has 15 heavy (non-hydrogen) atoms. The van der Waals surface area contributed by atoms with Gasteiger partial charge in [0.05, 0.1) is 5.69 Å². The molecule has 2 aromatic rings. The van der Waals surface area contributed by atoms with Gasteiger partial charge in [0.15, 0.2) is 4.34 Å². The zero-order chi connectivity index (χ0) is 10.5. The summed E-state index contributed by atoms with van der Waals surface area (Å²) in [5.74, 6) is 6.71. The number of pyridine rings is 1. The van der Waals surface area contributed by atoms with E-state index < -0.39 is 0 Å². The number of anilines is 1. The second-order valence-corrected chi connectivity index (χ2v) is 4.66. The normalized spacial score (nSPS) is 10.2. The van der Waals surface area contributed by atoms with Gasteiger partial charge in [-0.2, -0.15) is 4.37 Å². The largest absolute Gasteiger partial charge is 0.308 e. The highest BCUT2D eigenvalue weighted by Gasteiger charge is 2.00. The van der Waals surface area contributed by atoms with Crippen LogP contribution in [0.3, 0.4) is 0 Å². The van der Waals surface area contributed by atoms with Gasteiger partial charge >= 0.3 is 0 Å². The van der Waals surface area contributed by atoms with E-state index in [4.69, 9.17) is 5.84 Å². The Bertz CT molecular complexity index is 417. The summed E-state index contributed by atoms with van der Waals surface area (Å²) in [5, 5.41) is 0. The van der Waals surface area contributed by atoms with Crippen LogP contribution >= 0.6 is 23.3 Å². The number of nitrogens with zero attached hydrogens (tertiary/aromatic N) is 3. The zero-order valence-electron chi connectivity index (χ0n) is 7.75. The second kappa shape index (κ2) is 5.06. The molecule has 0 unspecified atom stereocenters. The number of thioether (sulfide) groups is 1. The smallest absolute Gasteiger partial charge is 0.170 e. The van der Waals surface area contributed by atoms with E-state index >= 15 is 0 Å². The number of hydrogen-bond acceptors (Lipinski definition) is 7. The minimum atomic E-state index is 0.672. The topological polar surface area (TPSA) is 76.7 Å². The lowest BCUT2D eigenvalue weighted by atomic mass is 10.4. The predicted molar refractivity (Wildman–Crippen MR) is 61.5 cm³/mol. The number of aromatic nitrogens is 3. The van der Waals surface area contributed by atoms with Crippen LogP contribution in [0.5, 0.6) is 0 Å². The molecule has 0 aliphatic carbocycles. The number of nitrogen functional groups attached to an aromatic ring is 1. The summed E-state index contributed by atoms with van der Waals surface area (Å²) in [7, 11) is 0. The van der Waals surface area contributed by atoms with E-state index in [-0.39, 0.29) is 0 Å². The minimum absolute atomic E-state index is 0.672. The lowest BCUT2D eigenvalue weighted by molar-refractivity contribution is 1.14. The van der Waals surface area contributed by atoms with E-state index in [1.165, 1.54) is 11.5 Å². The van der Waals surface area contributed by atoms with Crippen LogP contribution in [0.1, 0.15) is 5.69 Å². The number of rotatable bonds is 4. The molecule has 2 rings (SSSR count). The van der Waals surface area contributed by atoms with E-state index in [2.05, 4.69) is 19.8 Å². The molecule has 7 heteroatoms. The average molecular weight is 239 g/mol. The summed E-state index contributed by atoms with van der Waals surface area (Å²) >= 11 is 3.00. The van der Waals surface area contributed by atoms with E-state index in [9.17, 15) is 0 Å². The first-order valence-electron chi connectivity index (χ1n) is 4.20. The molecule has 0 saturated heterocycles. The van der Waals surface area contributed by atoms with Crippen LogP contribution in [0, 0.1) is 0 Å². The number of nitrogens with two attached hydrogens (primary N) is 1. The third kappa shape index (κ3) is 2.88. The Morgan fingerprint density at radius 2 is 2.40 bits per heavy atom. The van der Waals surface area contributed by atoms with Crippen LogP contribution in [-0.2, 0) is 5.75 Å². The highest BCUT2D eigenvalue weighted by molar-refractivity contribution is 8.00. The summed E-state index contributed by atoms with van der Waals surface area (Å²) in [6, 6.07) is 5.69. The molecule has 2 heterocycles. The van der Waals surface area contributed by atoms with Gasteiger partial charge in [-0.3, -0.25) is 0 Å². The Morgan fingerprint density at radius 1 is 1.47 bits per heavy atom. The van der Waals surface area contributed by atoms with Gasteiger partial charge < -0.3 is 5.43 Å². The van der Waals surface area contributed by atoms with Gasteiger partial charge in [0, 0.05) is 5.75 Å². The molecule has 0 radical (unpaired) electrons. The molecule has 0 amide bonds. The molecule has 0 aliphatic heterocycles. The Morgan fingerprint density at radius 3 is 3.13 bits per heavy atom. The quantitative estimate of drug-likeness (QED) is 0.478. The maximum atomic E-state index is 5.27. The van der Waals surface area contributed by atoms with E-state index in [1.54, 1.807) is 18.1 Å². The second-order valence-electron chi connectivity index (χ2n) is 2.65. The lowest BCUT2D eigenvalue weighted by Crippen LogP contribution is -2.08. The summed E-state index contributed by atoms with van der Waals surface area (Å²) in [5.41, 5.74) is 3.48. The summed E-state index contributed by atoms with van der Waals surface area (Å²) < 4.78 is 4.87. The van der Waals surface area contributed by atoms with Gasteiger partial charge in [0.25, 0.3) is 0 Å². The third-order valence-electron chi connectivity index (χ3n) is 1.64. The Labute approximate surface area is 95.3 Å². The van der Waals surface area contributed by atoms with E-state index in [0.29, 0.717) is 5.82 Å². The Hall–Kier alpha value is -1.18. The van der Waals surface area contributed by atoms with Crippen LogP contribution < -0.4 is 11.3 Å². The predicted octanol–water partition coefficient (Wildman–Crippen LogP) is 1.51. The van der Waals surface area contributed by atoms with Crippen molar-refractivity contribution in [2.24, 2.45) is 5.84 Å². The molecular formula is C8H9N5S2. The lowest BCUT2D eigenvalue weighted by Gasteiger charge is -2.01. The fourth-order valence-corrected chi connectivity index (χ4v) is 2.35. The Balaban J connectivity index is 1.98. The molecule has 78 valence electrons. The molecule has 0 fully saturated rings. The van der Waals surface area contributed by atoms with E-state index in [0.717, 1.165) is 15.8 Å². The monoisotopic (exact) mass is 239 g/mol. The van der Waals surface area contributed by atoms with Crippen LogP contribution in [0.15, 0.2) is 28.9 Å². The zero-order valence-corrected chi connectivity index (χ0v) is 9.38. The summed E-state index contributed by atoms with van der Waals surface area (Å²) in [4.78, 5) is 8.37. The first kappa shape index (κ1) is 10.3. The number of hydrogen-bond donors (Lipinski definition) is 2. The summed E-state index contributed by atoms with van der Waals surface area (Å²) in [6.45, 7) is 0. The van der Waals surface area contributed by atoms with Crippen molar-refractivity contribution in [3.05, 3.63) is 30.2 Å². The third-order valence-corrected chi connectivity index (χ3v) is 3.47. The molecule has 2 aromatic heterocycles. The SMILES string of the molecule is NNc1cccc(CSc2ncns2)n1. The molecule has 0 saturated carbocycles. The van der Waals surface area contributed by atoms with Crippen LogP contribution in [0.25, 0.3) is 0 Å². The van der Waals surface area contributed by atoms with Crippen molar-refractivity contribution in [3.8, 4) is 0 Å². The van der Waals surface area contributed by atoms with Crippen LogP contribution in [0.2, 0.25) is 0 Å². The molecule has 0 atom stereocenters. The van der Waals surface area contributed by atoms with E-state index in [1.807, 2.05) is 18.2 Å². The Kier molecular flexibility index (Phi) is 3.49. The highest BCUT2D eigenvalue weighted by atomic mass is 32.2. The molecule has 0 bridgehead atoms. The fourth-order valence-electron chi connectivity index (χ4n) is 1.00. The first-order chi connectivity index (χ1) is 7.38. The molecule has 3 N–H and O–H groups in total. The average Bonchev–Trinajstić information content (AvgIpc) is 2.79. The minimum Gasteiger partial charge on any atom is -0.308 e. The molecule has 0 aromatic carbocycles. The van der Waals surface area contributed by atoms with Crippen molar-refractivity contribution in [1.82, 2.24) is 14.3 Å². The number of hydrazine groups is 1. The standard InChI is InChI=1S/C8H9N5S2/c9-13-7-3-1-2-6(12-7)4-14-8-10-5-11-15-8/h1-3,5H,4,9H2,(H,12,13). The highest BCUT2D eigenvalue weighted by Crippen LogP contribution is 2.22. The van der Waals surface area contributed by atoms with Gasteiger partial charge in [-0.25, -0.2) is 15.8 Å². The summed E-state index contributed by atoms with van der Waals surface area (Å²) in [6.07, 6.45) is 1.55. The van der Waals surface area contributed by atoms with Crippen molar-refractivity contribution in [2.75, 3.05) is 5.43 Å². The number of nitrogens with one attached hydrogen (secondary N) is 1. The van der Waals surface area contributed by atoms with Crippen LogP contribution in [0.4, 0.5) is 5.82 Å². The van der Waals surface area contributed by atoms with Crippen molar-refractivity contribution in [1.29, 1.82) is 0 Å². The van der Waals surface area contributed by atoms with Crippen molar-refractivity contribution in [2.45, 2.75) is 10.1 Å². The first-order valence-corrected chi connectivity index (χ1v) is 5.96. The van der Waals surface area contributed by atoms with Crippen LogP contribution in [-0.4, -0.2) is 14.3 Å².